The van der Waals surface area contributed by atoms with Crippen molar-refractivity contribution in [3.63, 3.8) is 0 Å². The molecule has 1 N–H and O–H groups in total. The summed E-state index contributed by atoms with van der Waals surface area (Å²) >= 11 is 6.19. The van der Waals surface area contributed by atoms with Crippen molar-refractivity contribution < 1.29 is 4.79 Å². The Kier molecular flexibility index (Phi) is 5.53. The molecular weight excluding hydrogens is 336 g/mol. The van der Waals surface area contributed by atoms with E-state index in [0.29, 0.717) is 5.95 Å². The number of aromatic nitrogens is 2. The van der Waals surface area contributed by atoms with E-state index < -0.39 is 0 Å². The van der Waals surface area contributed by atoms with Crippen molar-refractivity contribution in [3.05, 3.63) is 46.2 Å². The molecule has 0 bridgehead atoms. The minimum Gasteiger partial charge on any atom is -0.341 e. The summed E-state index contributed by atoms with van der Waals surface area (Å²) in [7, 11) is 0. The van der Waals surface area contributed by atoms with Crippen LogP contribution in [0.4, 0.5) is 11.6 Å². The third-order valence-electron chi connectivity index (χ3n) is 4.64. The number of halogens is 1. The Bertz CT molecular complexity index is 774. The Morgan fingerprint density at radius 1 is 1.24 bits per heavy atom. The SMILES string of the molecule is CCN(CC)c1ncc(Cl)c(C(=O)Nc2cccc3c2CCCC3)n1. The Morgan fingerprint density at radius 2 is 2.00 bits per heavy atom. The lowest BCUT2D eigenvalue weighted by Gasteiger charge is -2.20. The maximum atomic E-state index is 12.8. The first-order valence-corrected chi connectivity index (χ1v) is 9.21. The molecule has 0 spiro atoms. The van der Waals surface area contributed by atoms with Crippen molar-refractivity contribution >= 4 is 29.1 Å². The fourth-order valence-corrected chi connectivity index (χ4v) is 3.43. The van der Waals surface area contributed by atoms with Gasteiger partial charge in [0.05, 0.1) is 11.2 Å². The molecule has 1 aromatic heterocycles. The summed E-state index contributed by atoms with van der Waals surface area (Å²) in [4.78, 5) is 23.4. The zero-order valence-corrected chi connectivity index (χ0v) is 15.4. The molecule has 0 fully saturated rings. The molecule has 1 heterocycles. The average molecular weight is 359 g/mol. The predicted molar refractivity (Wildman–Crippen MR) is 102 cm³/mol. The van der Waals surface area contributed by atoms with Gasteiger partial charge in [0.2, 0.25) is 5.95 Å². The molecule has 6 heteroatoms. The van der Waals surface area contributed by atoms with Crippen molar-refractivity contribution in [1.29, 1.82) is 0 Å². The molecule has 1 aromatic carbocycles. The fourth-order valence-electron chi connectivity index (χ4n) is 3.26. The van der Waals surface area contributed by atoms with Gasteiger partial charge in [-0.25, -0.2) is 9.97 Å². The maximum Gasteiger partial charge on any atom is 0.276 e. The van der Waals surface area contributed by atoms with Gasteiger partial charge in [0.15, 0.2) is 5.69 Å². The lowest BCUT2D eigenvalue weighted by atomic mass is 9.90. The van der Waals surface area contributed by atoms with Gasteiger partial charge in [-0.2, -0.15) is 0 Å². The summed E-state index contributed by atoms with van der Waals surface area (Å²) in [6, 6.07) is 6.07. The molecular formula is C19H23ClN4O. The van der Waals surface area contributed by atoms with Crippen molar-refractivity contribution in [1.82, 2.24) is 9.97 Å². The standard InChI is InChI=1S/C19H23ClN4O/c1-3-24(4-2)19-21-12-15(20)17(23-19)18(25)22-16-11-7-9-13-8-5-6-10-14(13)16/h7,9,11-12H,3-6,8,10H2,1-2H3,(H,22,25). The number of anilines is 2. The van der Waals surface area contributed by atoms with Gasteiger partial charge in [-0.05, 0) is 56.7 Å². The highest BCUT2D eigenvalue weighted by Gasteiger charge is 2.19. The molecule has 0 unspecified atom stereocenters. The van der Waals surface area contributed by atoms with E-state index in [9.17, 15) is 4.79 Å². The van der Waals surface area contributed by atoms with Gasteiger partial charge < -0.3 is 10.2 Å². The van der Waals surface area contributed by atoms with Crippen molar-refractivity contribution in [3.8, 4) is 0 Å². The predicted octanol–water partition coefficient (Wildman–Crippen LogP) is 4.11. The second-order valence-electron chi connectivity index (χ2n) is 6.14. The van der Waals surface area contributed by atoms with Gasteiger partial charge in [-0.3, -0.25) is 4.79 Å². The summed E-state index contributed by atoms with van der Waals surface area (Å²) in [6.45, 7) is 5.59. The van der Waals surface area contributed by atoms with Crippen LogP contribution in [0.15, 0.2) is 24.4 Å². The van der Waals surface area contributed by atoms with Gasteiger partial charge in [-0.1, -0.05) is 23.7 Å². The number of carbonyl (C=O) groups excluding carboxylic acids is 1. The molecule has 0 saturated carbocycles. The van der Waals surface area contributed by atoms with Crippen LogP contribution in [0, 0.1) is 0 Å². The van der Waals surface area contributed by atoms with Gasteiger partial charge in [0, 0.05) is 18.8 Å². The molecule has 0 atom stereocenters. The highest BCUT2D eigenvalue weighted by Crippen LogP contribution is 2.28. The Balaban J connectivity index is 1.88. The summed E-state index contributed by atoms with van der Waals surface area (Å²) in [6.07, 6.45) is 5.92. The van der Waals surface area contributed by atoms with Crippen LogP contribution in [-0.2, 0) is 12.8 Å². The smallest absolute Gasteiger partial charge is 0.276 e. The first-order chi connectivity index (χ1) is 12.1. The minimum atomic E-state index is -0.292. The third-order valence-corrected chi connectivity index (χ3v) is 4.91. The summed E-state index contributed by atoms with van der Waals surface area (Å²) < 4.78 is 0. The first kappa shape index (κ1) is 17.7. The van der Waals surface area contributed by atoms with Gasteiger partial charge in [-0.15, -0.1) is 0 Å². The number of rotatable bonds is 5. The Labute approximate surface area is 153 Å². The molecule has 1 aliphatic carbocycles. The van der Waals surface area contributed by atoms with E-state index in [1.807, 2.05) is 30.9 Å². The van der Waals surface area contributed by atoms with Crippen LogP contribution in [0.1, 0.15) is 48.3 Å². The second kappa shape index (κ2) is 7.83. The van der Waals surface area contributed by atoms with Crippen LogP contribution in [0.5, 0.6) is 0 Å². The summed E-state index contributed by atoms with van der Waals surface area (Å²) in [5.41, 5.74) is 3.63. The van der Waals surface area contributed by atoms with Crippen molar-refractivity contribution in [2.24, 2.45) is 0 Å². The minimum absolute atomic E-state index is 0.215. The van der Waals surface area contributed by atoms with E-state index in [1.54, 1.807) is 0 Å². The van der Waals surface area contributed by atoms with Crippen LogP contribution in [-0.4, -0.2) is 29.0 Å². The lowest BCUT2D eigenvalue weighted by molar-refractivity contribution is 0.102. The topological polar surface area (TPSA) is 58.1 Å². The molecule has 132 valence electrons. The number of benzene rings is 1. The summed E-state index contributed by atoms with van der Waals surface area (Å²) in [5.74, 6) is 0.231. The number of carbonyl (C=O) groups is 1. The zero-order chi connectivity index (χ0) is 17.8. The molecule has 25 heavy (non-hydrogen) atoms. The highest BCUT2D eigenvalue weighted by atomic mass is 35.5. The monoisotopic (exact) mass is 358 g/mol. The quantitative estimate of drug-likeness (QED) is 0.873. The normalized spacial score (nSPS) is 13.2. The van der Waals surface area contributed by atoms with Crippen LogP contribution in [0.2, 0.25) is 5.02 Å². The van der Waals surface area contributed by atoms with Gasteiger partial charge in [0.1, 0.15) is 0 Å². The number of fused-ring (bicyclic) bond motifs is 1. The number of hydrogen-bond acceptors (Lipinski definition) is 4. The highest BCUT2D eigenvalue weighted by molar-refractivity contribution is 6.34. The molecule has 0 aliphatic heterocycles. The molecule has 0 saturated heterocycles. The third kappa shape index (κ3) is 3.76. The average Bonchev–Trinajstić information content (AvgIpc) is 2.64. The molecule has 2 aromatic rings. The van der Waals surface area contributed by atoms with E-state index in [1.165, 1.54) is 23.7 Å². The zero-order valence-electron chi connectivity index (χ0n) is 14.7. The Morgan fingerprint density at radius 3 is 2.76 bits per heavy atom. The molecule has 3 rings (SSSR count). The van der Waals surface area contributed by atoms with Crippen LogP contribution >= 0.6 is 11.6 Å². The van der Waals surface area contributed by atoms with Crippen molar-refractivity contribution in [2.45, 2.75) is 39.5 Å². The first-order valence-electron chi connectivity index (χ1n) is 8.83. The number of nitrogens with one attached hydrogen (secondary N) is 1. The number of nitrogens with zero attached hydrogens (tertiary/aromatic N) is 3. The maximum absolute atomic E-state index is 12.8. The molecule has 5 nitrogen and oxygen atoms in total. The second-order valence-corrected chi connectivity index (χ2v) is 6.55. The van der Waals surface area contributed by atoms with Crippen LogP contribution < -0.4 is 10.2 Å². The van der Waals surface area contributed by atoms with E-state index in [2.05, 4.69) is 21.4 Å². The number of hydrogen-bond donors (Lipinski definition) is 1. The van der Waals surface area contributed by atoms with Gasteiger partial charge >= 0.3 is 0 Å². The van der Waals surface area contributed by atoms with E-state index in [4.69, 9.17) is 11.6 Å². The van der Waals surface area contributed by atoms with E-state index >= 15 is 0 Å². The molecule has 1 aliphatic rings. The van der Waals surface area contributed by atoms with E-state index in [0.717, 1.165) is 38.0 Å². The van der Waals surface area contributed by atoms with Crippen molar-refractivity contribution in [2.75, 3.05) is 23.3 Å². The lowest BCUT2D eigenvalue weighted by Crippen LogP contribution is -2.26. The van der Waals surface area contributed by atoms with Gasteiger partial charge in [0.25, 0.3) is 5.91 Å². The molecule has 1 amide bonds. The van der Waals surface area contributed by atoms with E-state index in [-0.39, 0.29) is 16.6 Å². The van der Waals surface area contributed by atoms with Crippen LogP contribution in [0.25, 0.3) is 0 Å². The largest absolute Gasteiger partial charge is 0.341 e. The fraction of sp³-hybridized carbons (Fsp3) is 0.421. The molecule has 0 radical (unpaired) electrons. The summed E-state index contributed by atoms with van der Waals surface area (Å²) in [5, 5.41) is 3.26. The number of amides is 1. The van der Waals surface area contributed by atoms with Crippen LogP contribution in [0.3, 0.4) is 0 Å². The Hall–Kier alpha value is -2.14. The number of aryl methyl sites for hydroxylation is 1.